The Morgan fingerprint density at radius 2 is 2.16 bits per heavy atom. The van der Waals surface area contributed by atoms with Crippen LogP contribution in [0.5, 0.6) is 0 Å². The summed E-state index contributed by atoms with van der Waals surface area (Å²) in [5.41, 5.74) is 6.63. The predicted octanol–water partition coefficient (Wildman–Crippen LogP) is 1.02. The van der Waals surface area contributed by atoms with E-state index >= 15 is 0 Å². The highest BCUT2D eigenvalue weighted by atomic mass is 16.2. The Labute approximate surface area is 148 Å². The van der Waals surface area contributed by atoms with Crippen molar-refractivity contribution in [3.63, 3.8) is 0 Å². The van der Waals surface area contributed by atoms with Crippen LogP contribution in [0.25, 0.3) is 0 Å². The molecular weight excluding hydrogens is 316 g/mol. The molecule has 25 heavy (non-hydrogen) atoms. The molecule has 4 unspecified atom stereocenters. The number of amides is 1. The minimum atomic E-state index is 0.119. The Morgan fingerprint density at radius 3 is 2.92 bits per heavy atom. The molecule has 1 saturated carbocycles. The lowest BCUT2D eigenvalue weighted by Gasteiger charge is -2.40. The van der Waals surface area contributed by atoms with Crippen molar-refractivity contribution in [2.45, 2.75) is 44.7 Å². The predicted molar refractivity (Wildman–Crippen MR) is 95.6 cm³/mol. The van der Waals surface area contributed by atoms with Crippen LogP contribution in [0.15, 0.2) is 18.3 Å². The molecule has 3 aliphatic rings. The zero-order chi connectivity index (χ0) is 17.2. The molecular formula is C18H28N6O. The monoisotopic (exact) mass is 344 g/mol. The van der Waals surface area contributed by atoms with Gasteiger partial charge in [0.15, 0.2) is 0 Å². The third-order valence-electron chi connectivity index (χ3n) is 5.98. The van der Waals surface area contributed by atoms with Crippen molar-refractivity contribution in [2.75, 3.05) is 25.0 Å². The van der Waals surface area contributed by atoms with Gasteiger partial charge in [-0.3, -0.25) is 15.6 Å². The highest BCUT2D eigenvalue weighted by Gasteiger charge is 2.44. The number of hydrogen-bond acceptors (Lipinski definition) is 6. The zero-order valence-corrected chi connectivity index (χ0v) is 14.8. The van der Waals surface area contributed by atoms with Crippen molar-refractivity contribution in [2.24, 2.45) is 17.8 Å². The summed E-state index contributed by atoms with van der Waals surface area (Å²) in [6.45, 7) is 4.92. The summed E-state index contributed by atoms with van der Waals surface area (Å²) in [4.78, 5) is 15.2. The molecule has 136 valence electrons. The second kappa shape index (κ2) is 7.25. The number of nitrogens with one attached hydrogen (secondary N) is 3. The minimum absolute atomic E-state index is 0.119. The molecule has 2 aliphatic heterocycles. The SMILES string of the molecule is CC1CC2CNNC2C(C(=O)N2CCC(Nc3cccnn3)CC2)C1. The van der Waals surface area contributed by atoms with E-state index in [0.29, 0.717) is 29.8 Å². The van der Waals surface area contributed by atoms with E-state index in [2.05, 4.69) is 38.2 Å². The van der Waals surface area contributed by atoms with Gasteiger partial charge in [0, 0.05) is 37.9 Å². The molecule has 3 N–H and O–H groups in total. The highest BCUT2D eigenvalue weighted by molar-refractivity contribution is 5.80. The first-order chi connectivity index (χ1) is 12.2. The minimum Gasteiger partial charge on any atom is -0.366 e. The van der Waals surface area contributed by atoms with Crippen LogP contribution in [0.4, 0.5) is 5.82 Å². The molecule has 0 radical (unpaired) electrons. The fraction of sp³-hybridized carbons (Fsp3) is 0.722. The Hall–Kier alpha value is -1.73. The standard InChI is InChI=1S/C18H28N6O/c1-12-9-13-11-20-23-17(13)15(10-12)18(25)24-7-4-14(5-8-24)21-16-3-2-6-19-22-16/h2-3,6,12-15,17,20,23H,4-5,7-11H2,1H3,(H,21,22). The number of fused-ring (bicyclic) bond motifs is 1. The lowest BCUT2D eigenvalue weighted by molar-refractivity contribution is -0.139. The third kappa shape index (κ3) is 3.62. The summed E-state index contributed by atoms with van der Waals surface area (Å²) in [6, 6.07) is 4.49. The van der Waals surface area contributed by atoms with E-state index in [-0.39, 0.29) is 5.92 Å². The van der Waals surface area contributed by atoms with Gasteiger partial charge in [-0.15, -0.1) is 5.10 Å². The van der Waals surface area contributed by atoms with E-state index in [4.69, 9.17) is 0 Å². The van der Waals surface area contributed by atoms with Gasteiger partial charge in [-0.05, 0) is 49.7 Å². The lowest BCUT2D eigenvalue weighted by Crippen LogP contribution is -2.52. The molecule has 4 atom stereocenters. The number of hydrogen-bond donors (Lipinski definition) is 3. The zero-order valence-electron chi connectivity index (χ0n) is 14.8. The van der Waals surface area contributed by atoms with Gasteiger partial charge in [0.25, 0.3) is 0 Å². The maximum Gasteiger partial charge on any atom is 0.227 e. The number of piperidine rings is 1. The summed E-state index contributed by atoms with van der Waals surface area (Å²) in [7, 11) is 0. The first-order valence-electron chi connectivity index (χ1n) is 9.52. The maximum atomic E-state index is 13.1. The molecule has 0 spiro atoms. The largest absolute Gasteiger partial charge is 0.366 e. The molecule has 3 heterocycles. The fourth-order valence-corrected chi connectivity index (χ4v) is 4.73. The van der Waals surface area contributed by atoms with E-state index in [9.17, 15) is 4.79 Å². The second-order valence-electron chi connectivity index (χ2n) is 7.85. The van der Waals surface area contributed by atoms with Crippen LogP contribution in [-0.2, 0) is 4.79 Å². The van der Waals surface area contributed by atoms with E-state index in [1.807, 2.05) is 12.1 Å². The molecule has 0 aromatic carbocycles. The van der Waals surface area contributed by atoms with E-state index in [1.165, 1.54) is 6.42 Å². The van der Waals surface area contributed by atoms with Gasteiger partial charge in [0.2, 0.25) is 5.91 Å². The van der Waals surface area contributed by atoms with Crippen LogP contribution < -0.4 is 16.2 Å². The number of anilines is 1. The molecule has 1 aliphatic carbocycles. The summed E-state index contributed by atoms with van der Waals surface area (Å²) in [5, 5.41) is 11.4. The summed E-state index contributed by atoms with van der Waals surface area (Å²) in [6.07, 6.45) is 5.83. The van der Waals surface area contributed by atoms with Gasteiger partial charge in [0.05, 0.1) is 5.92 Å². The first kappa shape index (κ1) is 16.7. The Kier molecular flexibility index (Phi) is 4.85. The maximum absolute atomic E-state index is 13.1. The van der Waals surface area contributed by atoms with Crippen LogP contribution in [0.2, 0.25) is 0 Å². The van der Waals surface area contributed by atoms with Crippen LogP contribution in [0, 0.1) is 17.8 Å². The third-order valence-corrected chi connectivity index (χ3v) is 5.98. The van der Waals surface area contributed by atoms with Gasteiger partial charge in [-0.1, -0.05) is 6.92 Å². The van der Waals surface area contributed by atoms with Crippen molar-refractivity contribution >= 4 is 11.7 Å². The Morgan fingerprint density at radius 1 is 1.32 bits per heavy atom. The van der Waals surface area contributed by atoms with Crippen LogP contribution >= 0.6 is 0 Å². The number of nitrogens with zero attached hydrogens (tertiary/aromatic N) is 3. The van der Waals surface area contributed by atoms with Gasteiger partial charge >= 0.3 is 0 Å². The van der Waals surface area contributed by atoms with Crippen LogP contribution in [0.3, 0.4) is 0 Å². The number of carbonyl (C=O) groups excluding carboxylic acids is 1. The van der Waals surface area contributed by atoms with Crippen molar-refractivity contribution < 1.29 is 4.79 Å². The molecule has 1 aromatic rings. The Bertz CT molecular complexity index is 588. The summed E-state index contributed by atoms with van der Waals surface area (Å²) in [5.74, 6) is 2.50. The van der Waals surface area contributed by atoms with Gasteiger partial charge < -0.3 is 10.2 Å². The molecule has 1 amide bonds. The van der Waals surface area contributed by atoms with E-state index < -0.39 is 0 Å². The highest BCUT2D eigenvalue weighted by Crippen LogP contribution is 2.36. The van der Waals surface area contributed by atoms with Crippen molar-refractivity contribution in [3.05, 3.63) is 18.3 Å². The number of rotatable bonds is 3. The number of hydrazine groups is 1. The number of carbonyl (C=O) groups is 1. The summed E-state index contributed by atoms with van der Waals surface area (Å²) < 4.78 is 0. The molecule has 7 heteroatoms. The summed E-state index contributed by atoms with van der Waals surface area (Å²) >= 11 is 0. The average molecular weight is 344 g/mol. The normalized spacial score (nSPS) is 33.1. The second-order valence-corrected chi connectivity index (χ2v) is 7.85. The molecule has 3 fully saturated rings. The smallest absolute Gasteiger partial charge is 0.227 e. The quantitative estimate of drug-likeness (QED) is 0.759. The fourth-order valence-electron chi connectivity index (χ4n) is 4.73. The van der Waals surface area contributed by atoms with Gasteiger partial charge in [-0.25, -0.2) is 0 Å². The van der Waals surface area contributed by atoms with E-state index in [0.717, 1.165) is 44.7 Å². The molecule has 4 rings (SSSR count). The van der Waals surface area contributed by atoms with Crippen LogP contribution in [-0.4, -0.2) is 52.7 Å². The van der Waals surface area contributed by atoms with Crippen molar-refractivity contribution in [1.29, 1.82) is 0 Å². The van der Waals surface area contributed by atoms with Gasteiger partial charge in [0.1, 0.15) is 5.82 Å². The molecule has 1 aromatic heterocycles. The first-order valence-corrected chi connectivity index (χ1v) is 9.52. The molecule has 0 bridgehead atoms. The van der Waals surface area contributed by atoms with Crippen molar-refractivity contribution in [3.8, 4) is 0 Å². The van der Waals surface area contributed by atoms with Crippen molar-refractivity contribution in [1.82, 2.24) is 25.9 Å². The number of likely N-dealkylation sites (tertiary alicyclic amines) is 1. The van der Waals surface area contributed by atoms with Gasteiger partial charge in [-0.2, -0.15) is 5.10 Å². The van der Waals surface area contributed by atoms with Crippen LogP contribution in [0.1, 0.15) is 32.6 Å². The Balaban J connectivity index is 1.33. The average Bonchev–Trinajstić information content (AvgIpc) is 3.10. The lowest BCUT2D eigenvalue weighted by atomic mass is 9.72. The number of aromatic nitrogens is 2. The topological polar surface area (TPSA) is 82.2 Å². The molecule has 2 saturated heterocycles. The van der Waals surface area contributed by atoms with E-state index in [1.54, 1.807) is 6.20 Å². The molecule has 7 nitrogen and oxygen atoms in total.